The van der Waals surface area contributed by atoms with Crippen LogP contribution in [0.3, 0.4) is 0 Å². The van der Waals surface area contributed by atoms with Crippen LogP contribution < -0.4 is 9.47 Å². The molecule has 1 aromatic rings. The Balaban J connectivity index is 2.48. The van der Waals surface area contributed by atoms with Crippen molar-refractivity contribution in [1.82, 2.24) is 0 Å². The highest BCUT2D eigenvalue weighted by atomic mass is 19.4. The molecule has 0 aliphatic carbocycles. The number of hydrogen-bond acceptors (Lipinski definition) is 3. The summed E-state index contributed by atoms with van der Waals surface area (Å²) in [6, 6.07) is 5.08. The van der Waals surface area contributed by atoms with Gasteiger partial charge in [0, 0.05) is 13.0 Å². The van der Waals surface area contributed by atoms with E-state index in [2.05, 4.69) is 4.74 Å². The Morgan fingerprint density at radius 3 is 2.12 bits per heavy atom. The molecule has 0 amide bonds. The molecule has 0 unspecified atom stereocenters. The van der Waals surface area contributed by atoms with Crippen LogP contribution in [0.15, 0.2) is 24.3 Å². The van der Waals surface area contributed by atoms with Crippen molar-refractivity contribution in [2.75, 3.05) is 13.2 Å². The summed E-state index contributed by atoms with van der Waals surface area (Å²) in [6.07, 6.45) is -4.21. The minimum absolute atomic E-state index is 0.00919. The van der Waals surface area contributed by atoms with Crippen LogP contribution in [0.1, 0.15) is 6.42 Å². The summed E-state index contributed by atoms with van der Waals surface area (Å²) in [4.78, 5) is 0. The highest BCUT2D eigenvalue weighted by molar-refractivity contribution is 5.31. The third-order valence-electron chi connectivity index (χ3n) is 1.63. The van der Waals surface area contributed by atoms with Gasteiger partial charge < -0.3 is 14.6 Å². The summed E-state index contributed by atoms with van der Waals surface area (Å²) < 4.78 is 44.2. The SMILES string of the molecule is OCCCOc1ccc(OC(F)(F)F)cc1. The van der Waals surface area contributed by atoms with Crippen LogP contribution in [0.25, 0.3) is 0 Å². The van der Waals surface area contributed by atoms with Crippen LogP contribution in [0.5, 0.6) is 11.5 Å². The summed E-state index contributed by atoms with van der Waals surface area (Å²) >= 11 is 0. The molecule has 0 saturated heterocycles. The maximum absolute atomic E-state index is 11.8. The van der Waals surface area contributed by atoms with Crippen molar-refractivity contribution in [3.63, 3.8) is 0 Å². The minimum Gasteiger partial charge on any atom is -0.494 e. The number of aliphatic hydroxyl groups excluding tert-OH is 1. The van der Waals surface area contributed by atoms with Crippen molar-refractivity contribution in [1.29, 1.82) is 0 Å². The van der Waals surface area contributed by atoms with Gasteiger partial charge in [-0.25, -0.2) is 0 Å². The number of halogens is 3. The molecule has 0 atom stereocenters. The summed E-state index contributed by atoms with van der Waals surface area (Å²) in [7, 11) is 0. The summed E-state index contributed by atoms with van der Waals surface area (Å²) in [5, 5.41) is 8.49. The van der Waals surface area contributed by atoms with Gasteiger partial charge in [0.25, 0.3) is 0 Å². The largest absolute Gasteiger partial charge is 0.573 e. The zero-order valence-corrected chi connectivity index (χ0v) is 8.33. The first-order valence-corrected chi connectivity index (χ1v) is 4.61. The Kier molecular flexibility index (Phi) is 4.42. The van der Waals surface area contributed by atoms with E-state index in [0.29, 0.717) is 18.8 Å². The number of rotatable bonds is 5. The third-order valence-corrected chi connectivity index (χ3v) is 1.63. The molecule has 1 rings (SSSR count). The topological polar surface area (TPSA) is 38.7 Å². The van der Waals surface area contributed by atoms with E-state index < -0.39 is 6.36 Å². The molecule has 1 aromatic carbocycles. The Morgan fingerprint density at radius 1 is 1.06 bits per heavy atom. The fourth-order valence-corrected chi connectivity index (χ4v) is 0.992. The molecule has 0 heterocycles. The summed E-state index contributed by atoms with van der Waals surface area (Å²) in [6.45, 7) is 0.325. The van der Waals surface area contributed by atoms with E-state index in [-0.39, 0.29) is 12.4 Å². The zero-order chi connectivity index (χ0) is 12.0. The lowest BCUT2D eigenvalue weighted by molar-refractivity contribution is -0.274. The van der Waals surface area contributed by atoms with E-state index in [1.54, 1.807) is 0 Å². The smallest absolute Gasteiger partial charge is 0.494 e. The van der Waals surface area contributed by atoms with Crippen LogP contribution in [0.4, 0.5) is 13.2 Å². The number of hydrogen-bond donors (Lipinski definition) is 1. The molecule has 16 heavy (non-hydrogen) atoms. The van der Waals surface area contributed by atoms with E-state index in [0.717, 1.165) is 0 Å². The quantitative estimate of drug-likeness (QED) is 0.797. The van der Waals surface area contributed by atoms with Crippen molar-refractivity contribution in [3.05, 3.63) is 24.3 Å². The summed E-state index contributed by atoms with van der Waals surface area (Å²) in [5.41, 5.74) is 0. The van der Waals surface area contributed by atoms with Gasteiger partial charge in [0.2, 0.25) is 0 Å². The van der Waals surface area contributed by atoms with Gasteiger partial charge in [-0.1, -0.05) is 0 Å². The van der Waals surface area contributed by atoms with Crippen molar-refractivity contribution in [2.24, 2.45) is 0 Å². The Labute approximate surface area is 90.4 Å². The molecule has 0 fully saturated rings. The Morgan fingerprint density at radius 2 is 1.62 bits per heavy atom. The maximum Gasteiger partial charge on any atom is 0.573 e. The molecule has 1 N–H and O–H groups in total. The van der Waals surface area contributed by atoms with E-state index in [9.17, 15) is 13.2 Å². The second kappa shape index (κ2) is 5.60. The normalized spacial score (nSPS) is 11.2. The highest BCUT2D eigenvalue weighted by Crippen LogP contribution is 2.24. The molecule has 0 aliphatic heterocycles. The van der Waals surface area contributed by atoms with Crippen molar-refractivity contribution < 1.29 is 27.8 Å². The van der Waals surface area contributed by atoms with E-state index >= 15 is 0 Å². The molecule has 0 radical (unpaired) electrons. The van der Waals surface area contributed by atoms with E-state index in [4.69, 9.17) is 9.84 Å². The fourth-order valence-electron chi connectivity index (χ4n) is 0.992. The number of ether oxygens (including phenoxy) is 2. The molecule has 6 heteroatoms. The minimum atomic E-state index is -4.68. The molecule has 0 bridgehead atoms. The fraction of sp³-hybridized carbons (Fsp3) is 0.400. The number of benzene rings is 1. The molecular weight excluding hydrogens is 225 g/mol. The molecule has 3 nitrogen and oxygen atoms in total. The summed E-state index contributed by atoms with van der Waals surface area (Å²) in [5.74, 6) is 0.144. The zero-order valence-electron chi connectivity index (χ0n) is 8.33. The average molecular weight is 236 g/mol. The lowest BCUT2D eigenvalue weighted by Gasteiger charge is -2.09. The van der Waals surface area contributed by atoms with Crippen molar-refractivity contribution in [2.45, 2.75) is 12.8 Å². The first-order valence-electron chi connectivity index (χ1n) is 4.61. The van der Waals surface area contributed by atoms with Crippen molar-refractivity contribution in [3.8, 4) is 11.5 Å². The highest BCUT2D eigenvalue weighted by Gasteiger charge is 2.30. The molecule has 0 spiro atoms. The van der Waals surface area contributed by atoms with Crippen LogP contribution in [-0.2, 0) is 0 Å². The Hall–Kier alpha value is -1.43. The van der Waals surface area contributed by atoms with Gasteiger partial charge in [-0.05, 0) is 24.3 Å². The van der Waals surface area contributed by atoms with Gasteiger partial charge >= 0.3 is 6.36 Å². The lowest BCUT2D eigenvalue weighted by atomic mass is 10.3. The standard InChI is InChI=1S/C10H11F3O3/c11-10(12,13)16-9-4-2-8(3-5-9)15-7-1-6-14/h2-5,14H,1,6-7H2. The number of aliphatic hydroxyl groups is 1. The second-order valence-electron chi connectivity index (χ2n) is 2.94. The molecular formula is C10H11F3O3. The van der Waals surface area contributed by atoms with Gasteiger partial charge in [0.05, 0.1) is 6.61 Å². The van der Waals surface area contributed by atoms with Crippen LogP contribution in [0, 0.1) is 0 Å². The average Bonchev–Trinajstić information content (AvgIpc) is 2.19. The maximum atomic E-state index is 11.8. The van der Waals surface area contributed by atoms with Crippen LogP contribution in [0.2, 0.25) is 0 Å². The first kappa shape index (κ1) is 12.6. The predicted octanol–water partition coefficient (Wildman–Crippen LogP) is 2.35. The first-order chi connectivity index (χ1) is 7.51. The predicted molar refractivity (Wildman–Crippen MR) is 50.3 cm³/mol. The van der Waals surface area contributed by atoms with Gasteiger partial charge in [-0.2, -0.15) is 0 Å². The van der Waals surface area contributed by atoms with Crippen LogP contribution >= 0.6 is 0 Å². The van der Waals surface area contributed by atoms with Crippen molar-refractivity contribution >= 4 is 0 Å². The van der Waals surface area contributed by atoms with Gasteiger partial charge in [-0.15, -0.1) is 13.2 Å². The lowest BCUT2D eigenvalue weighted by Crippen LogP contribution is -2.16. The van der Waals surface area contributed by atoms with Gasteiger partial charge in [-0.3, -0.25) is 0 Å². The monoisotopic (exact) mass is 236 g/mol. The molecule has 0 aliphatic rings. The molecule has 0 saturated carbocycles. The van der Waals surface area contributed by atoms with Gasteiger partial charge in [0.1, 0.15) is 11.5 Å². The molecule has 0 aromatic heterocycles. The number of alkyl halides is 3. The third kappa shape index (κ3) is 4.88. The molecule has 90 valence electrons. The Bertz CT molecular complexity index is 308. The van der Waals surface area contributed by atoms with E-state index in [1.807, 2.05) is 0 Å². The van der Waals surface area contributed by atoms with Gasteiger partial charge in [0.15, 0.2) is 0 Å². The second-order valence-corrected chi connectivity index (χ2v) is 2.94. The van der Waals surface area contributed by atoms with Crippen LogP contribution in [-0.4, -0.2) is 24.7 Å². The van der Waals surface area contributed by atoms with E-state index in [1.165, 1.54) is 24.3 Å².